The highest BCUT2D eigenvalue weighted by Crippen LogP contribution is 2.55. The number of rotatable bonds is 4. The van der Waals surface area contributed by atoms with Crippen LogP contribution < -0.4 is 0 Å². The Morgan fingerprint density at radius 1 is 0.408 bits per heavy atom. The van der Waals surface area contributed by atoms with Gasteiger partial charge in [-0.2, -0.15) is 5.26 Å². The number of nitriles is 1. The lowest BCUT2D eigenvalue weighted by atomic mass is 9.88. The zero-order valence-corrected chi connectivity index (χ0v) is 40.8. The van der Waals surface area contributed by atoms with Gasteiger partial charge in [0.1, 0.15) is 6.07 Å². The molecule has 0 saturated heterocycles. The van der Waals surface area contributed by atoms with E-state index in [-0.39, 0.29) is 0 Å². The van der Waals surface area contributed by atoms with Crippen molar-refractivity contribution in [2.24, 2.45) is 0 Å². The van der Waals surface area contributed by atoms with Crippen molar-refractivity contribution in [3.63, 3.8) is 0 Å². The van der Waals surface area contributed by atoms with Crippen molar-refractivity contribution >= 4 is 144 Å². The second-order valence-electron chi connectivity index (χ2n) is 18.6. The quantitative estimate of drug-likeness (QED) is 0.162. The Labute approximate surface area is 419 Å². The van der Waals surface area contributed by atoms with Crippen molar-refractivity contribution in [3.05, 3.63) is 210 Å². The third-order valence-electron chi connectivity index (χ3n) is 14.7. The summed E-state index contributed by atoms with van der Waals surface area (Å²) in [6.07, 6.45) is 0. The first-order valence-electron chi connectivity index (χ1n) is 23.7. The molecule has 0 fully saturated rings. The molecule has 71 heavy (non-hydrogen) atoms. The molecular weight excluding hydrogens is 921 g/mol. The molecule has 0 radical (unpaired) electrons. The summed E-state index contributed by atoms with van der Waals surface area (Å²) in [4.78, 5) is 4.70. The van der Waals surface area contributed by atoms with Crippen LogP contribution in [0.15, 0.2) is 182 Å². The molecule has 0 N–H and O–H groups in total. The van der Waals surface area contributed by atoms with E-state index in [1.807, 2.05) is 22.7 Å². The fourth-order valence-corrected chi connectivity index (χ4v) is 15.3. The van der Waals surface area contributed by atoms with Gasteiger partial charge in [-0.15, -0.1) is 34.0 Å². The maximum absolute atomic E-state index is 12.2. The molecule has 0 aliphatic heterocycles. The van der Waals surface area contributed by atoms with E-state index in [2.05, 4.69) is 211 Å². The number of fused-ring (bicyclic) bond motifs is 18. The van der Waals surface area contributed by atoms with Gasteiger partial charge in [-0.3, -0.25) is 0 Å². The Balaban J connectivity index is 1.27. The molecule has 0 bridgehead atoms. The number of nitrogens with zero attached hydrogens (tertiary/aromatic N) is 4. The van der Waals surface area contributed by atoms with Crippen LogP contribution in [0.5, 0.6) is 0 Å². The molecular formula is C64H36N4S3. The summed E-state index contributed by atoms with van der Waals surface area (Å²) in [7, 11) is 0. The highest BCUT2D eigenvalue weighted by Gasteiger charge is 2.33. The number of hydrogen-bond donors (Lipinski definition) is 0. The van der Waals surface area contributed by atoms with Crippen molar-refractivity contribution < 1.29 is 0 Å². The van der Waals surface area contributed by atoms with E-state index >= 15 is 0 Å². The Bertz CT molecular complexity index is 4780. The maximum atomic E-state index is 12.2. The fraction of sp³-hybridized carbons (Fsp3) is 0.0312. The molecule has 10 aromatic carbocycles. The summed E-state index contributed by atoms with van der Waals surface area (Å²) >= 11 is 5.42. The van der Waals surface area contributed by atoms with Crippen LogP contribution >= 0.6 is 34.0 Å². The van der Waals surface area contributed by atoms with E-state index in [0.29, 0.717) is 16.8 Å². The predicted molar refractivity (Wildman–Crippen MR) is 305 cm³/mol. The number of benzene rings is 10. The fourth-order valence-electron chi connectivity index (χ4n) is 11.6. The third-order valence-corrected chi connectivity index (χ3v) is 18.3. The molecule has 0 saturated carbocycles. The number of aromatic nitrogens is 2. The average molecular weight is 957 g/mol. The van der Waals surface area contributed by atoms with E-state index in [1.54, 1.807) is 11.3 Å². The van der Waals surface area contributed by atoms with Crippen LogP contribution in [0.1, 0.15) is 16.7 Å². The molecule has 330 valence electrons. The van der Waals surface area contributed by atoms with Gasteiger partial charge in [0.05, 0.1) is 59.7 Å². The van der Waals surface area contributed by atoms with E-state index in [4.69, 9.17) is 4.85 Å². The zero-order chi connectivity index (χ0) is 47.2. The summed E-state index contributed by atoms with van der Waals surface area (Å²) in [6, 6.07) is 68.4. The highest BCUT2D eigenvalue weighted by molar-refractivity contribution is 7.27. The molecule has 0 unspecified atom stereocenters. The van der Waals surface area contributed by atoms with E-state index in [0.717, 1.165) is 96.9 Å². The summed E-state index contributed by atoms with van der Waals surface area (Å²) in [6.45, 7) is 13.8. The molecule has 7 heteroatoms. The van der Waals surface area contributed by atoms with Crippen molar-refractivity contribution in [2.75, 3.05) is 0 Å². The Kier molecular flexibility index (Phi) is 8.51. The minimum atomic E-state index is 0.438. The Morgan fingerprint density at radius 2 is 0.803 bits per heavy atom. The van der Waals surface area contributed by atoms with Gasteiger partial charge in [0.15, 0.2) is 0 Å². The minimum Gasteiger partial charge on any atom is -0.316 e. The first kappa shape index (κ1) is 40.3. The lowest BCUT2D eigenvalue weighted by Gasteiger charge is -2.26. The number of thiophene rings is 3. The van der Waals surface area contributed by atoms with E-state index < -0.39 is 0 Å². The number of hydrogen-bond acceptors (Lipinski definition) is 4. The topological polar surface area (TPSA) is 38.0 Å². The molecule has 5 heterocycles. The predicted octanol–water partition coefficient (Wildman–Crippen LogP) is 19.4. The third kappa shape index (κ3) is 5.51. The SMILES string of the molecule is [C-]#[N+]c1c(-c2ccc(C)cc2)c(C#N)c(-n2c3ccccc3c3ccc4c5ccccc5sc4c32)c(-c2ccc(C)cc2)c1-n1c2c(ccc3c4ccccc4sc32)c2ccc3c4ccccc4sc3c21. The monoisotopic (exact) mass is 956 g/mol. The number of para-hydroxylation sites is 1. The van der Waals surface area contributed by atoms with E-state index in [9.17, 15) is 11.8 Å². The van der Waals surface area contributed by atoms with Crippen molar-refractivity contribution in [1.82, 2.24) is 9.13 Å². The standard InChI is InChI=1S/C64H36N4S3/c1-35-20-24-37(25-21-35)54-49(34-65)57(67-50-16-8-4-12-39(50)43-28-31-46-40-13-5-9-17-51(40)69-62(46)58(43)67)55(38-26-22-36(2)23-27-38)61(56(54)66-3)68-59-44(29-32-47-41-14-6-10-18-52(41)70-63(47)59)45-30-33-48-42-15-7-11-19-53(42)71-64(48)60(45)68/h4-33H,1-2H3. The molecule has 0 amide bonds. The van der Waals surface area contributed by atoms with Crippen molar-refractivity contribution in [1.29, 1.82) is 5.26 Å². The van der Waals surface area contributed by atoms with Gasteiger partial charge in [-0.25, -0.2) is 4.85 Å². The van der Waals surface area contributed by atoms with Gasteiger partial charge in [0.25, 0.3) is 0 Å². The second-order valence-corrected chi connectivity index (χ2v) is 21.8. The van der Waals surface area contributed by atoms with Crippen molar-refractivity contribution in [2.45, 2.75) is 13.8 Å². The van der Waals surface area contributed by atoms with Crippen LogP contribution in [0.3, 0.4) is 0 Å². The maximum Gasteiger partial charge on any atom is 0.220 e. The largest absolute Gasteiger partial charge is 0.316 e. The van der Waals surface area contributed by atoms with Crippen LogP contribution in [-0.4, -0.2) is 9.13 Å². The van der Waals surface area contributed by atoms with Gasteiger partial charge in [0.2, 0.25) is 5.69 Å². The van der Waals surface area contributed by atoms with Crippen LogP contribution in [0.4, 0.5) is 5.69 Å². The van der Waals surface area contributed by atoms with E-state index in [1.165, 1.54) is 46.4 Å². The Morgan fingerprint density at radius 3 is 1.27 bits per heavy atom. The highest BCUT2D eigenvalue weighted by atomic mass is 32.1. The first-order chi connectivity index (χ1) is 35.0. The lowest BCUT2D eigenvalue weighted by molar-refractivity contribution is 1.14. The first-order valence-corrected chi connectivity index (χ1v) is 26.1. The second kappa shape index (κ2) is 15.0. The van der Waals surface area contributed by atoms with Crippen LogP contribution in [0, 0.1) is 31.8 Å². The van der Waals surface area contributed by atoms with Crippen LogP contribution in [-0.2, 0) is 0 Å². The summed E-state index contributed by atoms with van der Waals surface area (Å²) < 4.78 is 12.0. The average Bonchev–Trinajstić information content (AvgIpc) is 4.23. The lowest BCUT2D eigenvalue weighted by Crippen LogP contribution is -2.09. The van der Waals surface area contributed by atoms with Gasteiger partial charge in [0, 0.05) is 79.1 Å². The molecule has 15 rings (SSSR count). The smallest absolute Gasteiger partial charge is 0.220 e. The van der Waals surface area contributed by atoms with Gasteiger partial charge < -0.3 is 9.13 Å². The Hall–Kier alpha value is -8.56. The number of aryl methyl sites for hydroxylation is 2. The molecule has 0 aliphatic rings. The molecule has 4 nitrogen and oxygen atoms in total. The molecule has 0 aliphatic carbocycles. The summed E-state index contributed by atoms with van der Waals surface area (Å²) in [5.41, 5.74) is 12.0. The van der Waals surface area contributed by atoms with Gasteiger partial charge >= 0.3 is 0 Å². The van der Waals surface area contributed by atoms with Crippen LogP contribution in [0.2, 0.25) is 0 Å². The van der Waals surface area contributed by atoms with Gasteiger partial charge in [-0.1, -0.05) is 169 Å². The zero-order valence-electron chi connectivity index (χ0n) is 38.3. The minimum absolute atomic E-state index is 0.438. The molecule has 0 spiro atoms. The molecule has 5 aromatic heterocycles. The normalized spacial score (nSPS) is 12.1. The van der Waals surface area contributed by atoms with Crippen molar-refractivity contribution in [3.8, 4) is 39.7 Å². The molecule has 15 aromatic rings. The summed E-state index contributed by atoms with van der Waals surface area (Å²) in [5.74, 6) is 0. The van der Waals surface area contributed by atoms with Gasteiger partial charge in [-0.05, 0) is 49.2 Å². The molecule has 0 atom stereocenters. The van der Waals surface area contributed by atoms with Crippen LogP contribution in [0.25, 0.3) is 143 Å². The summed E-state index contributed by atoms with van der Waals surface area (Å²) in [5, 5.41) is 23.8.